The van der Waals surface area contributed by atoms with Gasteiger partial charge in [-0.05, 0) is 49.7 Å². The molecule has 0 amide bonds. The van der Waals surface area contributed by atoms with Gasteiger partial charge >= 0.3 is 11.9 Å². The van der Waals surface area contributed by atoms with Crippen LogP contribution in [-0.2, 0) is 25.6 Å². The van der Waals surface area contributed by atoms with E-state index < -0.39 is 34.8 Å². The van der Waals surface area contributed by atoms with Gasteiger partial charge in [0.25, 0.3) is 5.69 Å². The molecule has 3 aromatic rings. The molecular formula is C32H31Cl2N3O6. The molecule has 0 saturated carbocycles. The van der Waals surface area contributed by atoms with Crippen molar-refractivity contribution in [3.8, 4) is 0 Å². The maximum Gasteiger partial charge on any atom is 0.337 e. The maximum absolute atomic E-state index is 14.1. The molecule has 1 aliphatic rings. The van der Waals surface area contributed by atoms with Crippen molar-refractivity contribution in [2.24, 2.45) is 10.9 Å². The van der Waals surface area contributed by atoms with Gasteiger partial charge in [0.1, 0.15) is 12.0 Å². The molecule has 0 saturated heterocycles. The molecule has 43 heavy (non-hydrogen) atoms. The minimum absolute atomic E-state index is 0.109. The smallest absolute Gasteiger partial charge is 0.337 e. The molecule has 11 heteroatoms. The summed E-state index contributed by atoms with van der Waals surface area (Å²) in [5, 5.41) is 12.3. The summed E-state index contributed by atoms with van der Waals surface area (Å²) in [6.07, 6.45) is -0.786. The van der Waals surface area contributed by atoms with Gasteiger partial charge in [-0.25, -0.2) is 4.79 Å². The van der Waals surface area contributed by atoms with Crippen molar-refractivity contribution in [2.45, 2.75) is 32.4 Å². The van der Waals surface area contributed by atoms with Gasteiger partial charge in [-0.3, -0.25) is 24.8 Å². The van der Waals surface area contributed by atoms with Crippen molar-refractivity contribution in [3.05, 3.63) is 121 Å². The second-order valence-corrected chi connectivity index (χ2v) is 11.1. The topological polar surface area (TPSA) is 111 Å². The standard InChI is InChI=1S/C32H31Cl2N3O6/c1-19-28(31(38)42-4)30(23-11-8-12-24(15-23)37(40)41)29(20(2)35-19)32(39)43-27(22-13-14-25(33)26(34)16-22)18-36(3)17-21-9-6-5-7-10-21/h5-16,27-28,30H,17-18H2,1-4H3. The number of benzene rings is 3. The number of halogens is 2. The molecule has 9 nitrogen and oxygen atoms in total. The maximum atomic E-state index is 14.1. The lowest BCUT2D eigenvalue weighted by atomic mass is 9.75. The van der Waals surface area contributed by atoms with Crippen molar-refractivity contribution in [3.63, 3.8) is 0 Å². The summed E-state index contributed by atoms with van der Waals surface area (Å²) in [4.78, 5) is 44.8. The Labute approximate surface area is 259 Å². The first-order valence-electron chi connectivity index (χ1n) is 13.5. The summed E-state index contributed by atoms with van der Waals surface area (Å²) in [7, 11) is 3.15. The van der Waals surface area contributed by atoms with Crippen LogP contribution < -0.4 is 0 Å². The Morgan fingerprint density at radius 2 is 1.74 bits per heavy atom. The highest BCUT2D eigenvalue weighted by atomic mass is 35.5. The summed E-state index contributed by atoms with van der Waals surface area (Å²) in [6, 6.07) is 20.7. The van der Waals surface area contributed by atoms with Gasteiger partial charge in [0.05, 0.1) is 27.7 Å². The zero-order chi connectivity index (χ0) is 31.3. The highest BCUT2D eigenvalue weighted by molar-refractivity contribution is 6.42. The average Bonchev–Trinajstić information content (AvgIpc) is 2.98. The molecule has 0 fully saturated rings. The van der Waals surface area contributed by atoms with Crippen LogP contribution in [0.3, 0.4) is 0 Å². The Bertz CT molecular complexity index is 1590. The number of carbonyl (C=O) groups excluding carboxylic acids is 2. The van der Waals surface area contributed by atoms with Gasteiger partial charge in [0.2, 0.25) is 0 Å². The normalized spacial score (nSPS) is 17.3. The van der Waals surface area contributed by atoms with Gasteiger partial charge in [0, 0.05) is 42.5 Å². The number of likely N-dealkylation sites (N-methyl/N-ethyl adjacent to an activating group) is 1. The number of hydrogen-bond donors (Lipinski definition) is 0. The van der Waals surface area contributed by atoms with Crippen LogP contribution in [0.4, 0.5) is 5.69 Å². The van der Waals surface area contributed by atoms with Crippen LogP contribution in [0.5, 0.6) is 0 Å². The fourth-order valence-electron chi connectivity index (χ4n) is 5.29. The van der Waals surface area contributed by atoms with Crippen molar-refractivity contribution >= 4 is 46.5 Å². The molecule has 0 radical (unpaired) electrons. The van der Waals surface area contributed by atoms with Gasteiger partial charge in [-0.1, -0.05) is 71.7 Å². The first kappa shape index (κ1) is 31.9. The Balaban J connectivity index is 1.75. The first-order valence-corrected chi connectivity index (χ1v) is 14.2. The van der Waals surface area contributed by atoms with Gasteiger partial charge in [0.15, 0.2) is 0 Å². The lowest BCUT2D eigenvalue weighted by molar-refractivity contribution is -0.384. The minimum atomic E-state index is -0.998. The van der Waals surface area contributed by atoms with Crippen LogP contribution in [0.2, 0.25) is 10.0 Å². The molecule has 1 aliphatic heterocycles. The van der Waals surface area contributed by atoms with Crippen molar-refractivity contribution in [1.29, 1.82) is 0 Å². The zero-order valence-corrected chi connectivity index (χ0v) is 25.6. The number of ether oxygens (including phenoxy) is 2. The Morgan fingerprint density at radius 1 is 1.02 bits per heavy atom. The van der Waals surface area contributed by atoms with E-state index in [2.05, 4.69) is 4.99 Å². The van der Waals surface area contributed by atoms with Crippen molar-refractivity contribution in [1.82, 2.24) is 4.90 Å². The fourth-order valence-corrected chi connectivity index (χ4v) is 5.59. The summed E-state index contributed by atoms with van der Waals surface area (Å²) in [5.41, 5.74) is 2.77. The van der Waals surface area contributed by atoms with E-state index in [-0.39, 0.29) is 11.3 Å². The van der Waals surface area contributed by atoms with Crippen LogP contribution in [0, 0.1) is 16.0 Å². The molecule has 0 N–H and O–H groups in total. The molecule has 4 rings (SSSR count). The summed E-state index contributed by atoms with van der Waals surface area (Å²) in [6.45, 7) is 4.19. The lowest BCUT2D eigenvalue weighted by Gasteiger charge is -2.32. The molecular weight excluding hydrogens is 593 g/mol. The number of rotatable bonds is 10. The van der Waals surface area contributed by atoms with Crippen LogP contribution in [0.25, 0.3) is 0 Å². The number of nitro groups is 1. The number of nitrogens with zero attached hydrogens (tertiary/aromatic N) is 3. The Hall–Kier alpha value is -4.05. The number of nitro benzene ring substituents is 1. The van der Waals surface area contributed by atoms with E-state index in [1.165, 1.54) is 25.3 Å². The van der Waals surface area contributed by atoms with Gasteiger partial charge < -0.3 is 9.47 Å². The first-order chi connectivity index (χ1) is 20.5. The molecule has 1 heterocycles. The zero-order valence-electron chi connectivity index (χ0n) is 24.1. The molecule has 224 valence electrons. The van der Waals surface area contributed by atoms with E-state index in [9.17, 15) is 19.7 Å². The number of non-ortho nitro benzene ring substituents is 1. The number of esters is 2. The largest absolute Gasteiger partial charge is 0.468 e. The third kappa shape index (κ3) is 7.48. The number of methoxy groups -OCH3 is 1. The van der Waals surface area contributed by atoms with Crippen molar-refractivity contribution < 1.29 is 24.0 Å². The van der Waals surface area contributed by atoms with E-state index in [1.807, 2.05) is 42.3 Å². The second kappa shape index (κ2) is 13.9. The van der Waals surface area contributed by atoms with Gasteiger partial charge in [-0.2, -0.15) is 0 Å². The SMILES string of the molecule is COC(=O)C1C(C)=NC(C)=C(C(=O)OC(CN(C)Cc2ccccc2)c2ccc(Cl)c(Cl)c2)C1c1cccc([N+](=O)[O-])c1. The second-order valence-electron chi connectivity index (χ2n) is 10.3. The summed E-state index contributed by atoms with van der Waals surface area (Å²) < 4.78 is 11.3. The van der Waals surface area contributed by atoms with E-state index in [0.29, 0.717) is 45.7 Å². The fraction of sp³-hybridized carbons (Fsp3) is 0.281. The molecule has 0 spiro atoms. The number of carbonyl (C=O) groups is 2. The minimum Gasteiger partial charge on any atom is -0.468 e. The lowest BCUT2D eigenvalue weighted by Crippen LogP contribution is -2.37. The number of allylic oxidation sites excluding steroid dienone is 1. The number of aliphatic imine (C=N–C) groups is 1. The van der Waals surface area contributed by atoms with Crippen LogP contribution in [-0.4, -0.2) is 48.2 Å². The summed E-state index contributed by atoms with van der Waals surface area (Å²) >= 11 is 12.5. The number of hydrogen-bond acceptors (Lipinski definition) is 8. The third-order valence-corrected chi connectivity index (χ3v) is 8.02. The van der Waals surface area contributed by atoms with E-state index in [0.717, 1.165) is 5.56 Å². The predicted molar refractivity (Wildman–Crippen MR) is 165 cm³/mol. The summed E-state index contributed by atoms with van der Waals surface area (Å²) in [5.74, 6) is -3.28. The molecule has 3 aromatic carbocycles. The Morgan fingerprint density at radius 3 is 2.40 bits per heavy atom. The Kier molecular flexibility index (Phi) is 10.3. The van der Waals surface area contributed by atoms with Crippen LogP contribution in [0.15, 0.2) is 89.1 Å². The predicted octanol–water partition coefficient (Wildman–Crippen LogP) is 6.94. The van der Waals surface area contributed by atoms with Crippen LogP contribution in [0.1, 0.15) is 42.6 Å². The van der Waals surface area contributed by atoms with Crippen molar-refractivity contribution in [2.75, 3.05) is 20.7 Å². The monoisotopic (exact) mass is 623 g/mol. The van der Waals surface area contributed by atoms with E-state index >= 15 is 0 Å². The van der Waals surface area contributed by atoms with E-state index in [4.69, 9.17) is 32.7 Å². The molecule has 3 unspecified atom stereocenters. The average molecular weight is 625 g/mol. The molecule has 0 aromatic heterocycles. The molecule has 3 atom stereocenters. The quantitative estimate of drug-likeness (QED) is 0.137. The van der Waals surface area contributed by atoms with Crippen LogP contribution >= 0.6 is 23.2 Å². The van der Waals surface area contributed by atoms with Gasteiger partial charge in [-0.15, -0.1) is 0 Å². The molecule has 0 bridgehead atoms. The third-order valence-electron chi connectivity index (χ3n) is 7.28. The highest BCUT2D eigenvalue weighted by Crippen LogP contribution is 2.42. The molecule has 0 aliphatic carbocycles. The highest BCUT2D eigenvalue weighted by Gasteiger charge is 2.43. The van der Waals surface area contributed by atoms with E-state index in [1.54, 1.807) is 38.1 Å².